The van der Waals surface area contributed by atoms with Gasteiger partial charge in [-0.2, -0.15) is 16.7 Å². The van der Waals surface area contributed by atoms with Crippen LogP contribution in [-0.4, -0.2) is 50.8 Å². The summed E-state index contributed by atoms with van der Waals surface area (Å²) in [5.41, 5.74) is 1.42. The van der Waals surface area contributed by atoms with Gasteiger partial charge >= 0.3 is 5.97 Å². The Balaban J connectivity index is 1.91. The quantitative estimate of drug-likeness (QED) is 0.455. The summed E-state index contributed by atoms with van der Waals surface area (Å²) in [5.74, 6) is 1.24. The Hall–Kier alpha value is -2.37. The number of aromatic hydroxyl groups is 1. The van der Waals surface area contributed by atoms with Crippen LogP contribution in [0.3, 0.4) is 0 Å². The zero-order valence-corrected chi connectivity index (χ0v) is 19.0. The second kappa shape index (κ2) is 10.8. The highest BCUT2D eigenvalue weighted by Crippen LogP contribution is 2.36. The molecule has 0 radical (unpaired) electrons. The van der Waals surface area contributed by atoms with E-state index in [0.29, 0.717) is 57.7 Å². The van der Waals surface area contributed by atoms with Gasteiger partial charge < -0.3 is 29.5 Å². The molecule has 0 saturated heterocycles. The molecule has 31 heavy (non-hydrogen) atoms. The predicted octanol–water partition coefficient (Wildman–Crippen LogP) is 2.82. The Labute approximate surface area is 189 Å². The van der Waals surface area contributed by atoms with Gasteiger partial charge in [-0.1, -0.05) is 17.4 Å². The van der Waals surface area contributed by atoms with Crippen LogP contribution in [0.4, 0.5) is 0 Å². The van der Waals surface area contributed by atoms with E-state index < -0.39 is 5.97 Å². The summed E-state index contributed by atoms with van der Waals surface area (Å²) in [6, 6.07) is 1.13. The van der Waals surface area contributed by atoms with Crippen LogP contribution < -0.4 is 10.1 Å². The van der Waals surface area contributed by atoms with Gasteiger partial charge in [0.1, 0.15) is 24.1 Å². The average molecular weight is 468 g/mol. The lowest BCUT2D eigenvalue weighted by Crippen LogP contribution is -2.29. The van der Waals surface area contributed by atoms with Crippen molar-refractivity contribution in [3.8, 4) is 11.5 Å². The first-order valence-corrected chi connectivity index (χ1v) is 11.4. The third-order valence-electron chi connectivity index (χ3n) is 4.87. The molecule has 1 aromatic heterocycles. The van der Waals surface area contributed by atoms with E-state index in [9.17, 15) is 15.0 Å². The Bertz CT molecular complexity index is 949. The molecule has 0 aliphatic carbocycles. The number of nitrogens with zero attached hydrogens (tertiary/aromatic N) is 2. The molecule has 168 valence electrons. The molecular formula is C20H25N3O6S2. The van der Waals surface area contributed by atoms with Crippen molar-refractivity contribution in [1.82, 2.24) is 15.5 Å². The smallest absolute Gasteiger partial charge is 0.338 e. The molecule has 3 N–H and O–H groups in total. The SMILES string of the molecule is COc1cc(O)c2c(c1C)C(=O)OCCCCC(=S)N[C@H](c1nc(CO)no1)CSC2. The molecule has 1 aliphatic rings. The van der Waals surface area contributed by atoms with Crippen LogP contribution in [0.5, 0.6) is 11.5 Å². The number of phenols is 1. The summed E-state index contributed by atoms with van der Waals surface area (Å²) in [6.45, 7) is 1.69. The van der Waals surface area contributed by atoms with Gasteiger partial charge in [0.25, 0.3) is 0 Å². The summed E-state index contributed by atoms with van der Waals surface area (Å²) in [4.78, 5) is 17.6. The largest absolute Gasteiger partial charge is 0.507 e. The first-order chi connectivity index (χ1) is 14.9. The minimum absolute atomic E-state index is 0.0330. The maximum Gasteiger partial charge on any atom is 0.338 e. The number of methoxy groups -OCH3 is 1. The van der Waals surface area contributed by atoms with E-state index in [4.69, 9.17) is 26.2 Å². The van der Waals surface area contributed by atoms with Crippen molar-refractivity contribution in [2.45, 2.75) is 44.6 Å². The van der Waals surface area contributed by atoms with Crippen molar-refractivity contribution in [3.05, 3.63) is 34.5 Å². The second-order valence-corrected chi connectivity index (χ2v) is 8.53. The van der Waals surface area contributed by atoms with Gasteiger partial charge in [-0.15, -0.1) is 0 Å². The van der Waals surface area contributed by atoms with E-state index in [-0.39, 0.29) is 30.8 Å². The average Bonchev–Trinajstić information content (AvgIpc) is 3.23. The number of cyclic esters (lactones) is 1. The lowest BCUT2D eigenvalue weighted by molar-refractivity contribution is 0.0496. The number of thioether (sulfide) groups is 1. The molecule has 0 amide bonds. The normalized spacial score (nSPS) is 18.5. The zero-order valence-electron chi connectivity index (χ0n) is 17.3. The number of ether oxygens (including phenoxy) is 2. The number of hydrogen-bond donors (Lipinski definition) is 3. The van der Waals surface area contributed by atoms with Gasteiger partial charge in [0.05, 0.1) is 24.3 Å². The molecule has 9 nitrogen and oxygen atoms in total. The van der Waals surface area contributed by atoms with E-state index in [0.717, 1.165) is 6.42 Å². The molecule has 1 aliphatic heterocycles. The Kier molecular flexibility index (Phi) is 8.10. The molecule has 2 aromatic rings. The fourth-order valence-electron chi connectivity index (χ4n) is 3.25. The molecule has 0 unspecified atom stereocenters. The van der Waals surface area contributed by atoms with Gasteiger partial charge in [-0.3, -0.25) is 0 Å². The van der Waals surface area contributed by atoms with Crippen LogP contribution in [0.25, 0.3) is 0 Å². The molecule has 0 saturated carbocycles. The predicted molar refractivity (Wildman–Crippen MR) is 118 cm³/mol. The lowest BCUT2D eigenvalue weighted by atomic mass is 10.0. The highest BCUT2D eigenvalue weighted by atomic mass is 32.2. The van der Waals surface area contributed by atoms with Crippen molar-refractivity contribution >= 4 is 34.9 Å². The monoisotopic (exact) mass is 467 g/mol. The molecule has 0 fully saturated rings. The van der Waals surface area contributed by atoms with Crippen LogP contribution in [0, 0.1) is 6.92 Å². The molecule has 1 aromatic carbocycles. The van der Waals surface area contributed by atoms with Crippen molar-refractivity contribution in [2.24, 2.45) is 0 Å². The number of esters is 1. The van der Waals surface area contributed by atoms with Gasteiger partial charge in [-0.05, 0) is 26.2 Å². The standard InChI is InChI=1S/C20H25N3O6S2/c1-11-15(27-2)7-14(25)12-9-31-10-13(19-22-16(8-24)23-29-19)21-17(30)5-3-4-6-28-20(26)18(11)12/h7,13,24-25H,3-6,8-10H2,1-2H3,(H,21,30)/t13-/m0/s1. The Morgan fingerprint density at radius 3 is 2.94 bits per heavy atom. The number of hydrogen-bond acceptors (Lipinski definition) is 10. The Morgan fingerprint density at radius 2 is 2.23 bits per heavy atom. The van der Waals surface area contributed by atoms with Crippen LogP contribution in [0.1, 0.15) is 58.5 Å². The third kappa shape index (κ3) is 5.66. The number of aliphatic hydroxyl groups is 1. The van der Waals surface area contributed by atoms with Crippen molar-refractivity contribution in [1.29, 1.82) is 0 Å². The number of nitrogens with one attached hydrogen (secondary N) is 1. The van der Waals surface area contributed by atoms with Gasteiger partial charge in [0.15, 0.2) is 5.82 Å². The van der Waals surface area contributed by atoms with Crippen LogP contribution in [-0.2, 0) is 17.1 Å². The zero-order chi connectivity index (χ0) is 22.4. The number of carbonyl (C=O) groups is 1. The number of fused-ring (bicyclic) bond motifs is 1. The number of phenolic OH excluding ortho intramolecular Hbond substituents is 1. The van der Waals surface area contributed by atoms with Crippen LogP contribution >= 0.6 is 24.0 Å². The van der Waals surface area contributed by atoms with Crippen LogP contribution in [0.2, 0.25) is 0 Å². The lowest BCUT2D eigenvalue weighted by Gasteiger charge is -2.20. The van der Waals surface area contributed by atoms with Crippen molar-refractivity contribution in [3.63, 3.8) is 0 Å². The number of carbonyl (C=O) groups excluding carboxylic acids is 1. The van der Waals surface area contributed by atoms with Crippen molar-refractivity contribution in [2.75, 3.05) is 19.5 Å². The maximum atomic E-state index is 12.8. The molecule has 0 bridgehead atoms. The van der Waals surface area contributed by atoms with Crippen molar-refractivity contribution < 1.29 is 29.0 Å². The first-order valence-electron chi connectivity index (χ1n) is 9.81. The summed E-state index contributed by atoms with van der Waals surface area (Å²) >= 11 is 6.90. The number of rotatable bonds is 3. The second-order valence-electron chi connectivity index (χ2n) is 7.01. The number of aromatic nitrogens is 2. The van der Waals surface area contributed by atoms with Gasteiger partial charge in [0.2, 0.25) is 5.89 Å². The molecule has 1 atom stereocenters. The Morgan fingerprint density at radius 1 is 1.42 bits per heavy atom. The van der Waals surface area contributed by atoms with E-state index in [1.165, 1.54) is 24.9 Å². The summed E-state index contributed by atoms with van der Waals surface area (Å²) < 4.78 is 16.0. The number of benzene rings is 1. The fraction of sp³-hybridized carbons (Fsp3) is 0.500. The van der Waals surface area contributed by atoms with E-state index in [2.05, 4.69) is 15.5 Å². The van der Waals surface area contributed by atoms with Gasteiger partial charge in [-0.25, -0.2) is 4.79 Å². The minimum atomic E-state index is -0.485. The number of aliphatic hydroxyl groups excluding tert-OH is 1. The molecule has 2 heterocycles. The summed E-state index contributed by atoms with van der Waals surface area (Å²) in [6.07, 6.45) is 2.01. The maximum absolute atomic E-state index is 12.8. The molecule has 11 heteroatoms. The highest BCUT2D eigenvalue weighted by Gasteiger charge is 2.25. The number of thiocarbonyl (C=S) groups is 1. The van der Waals surface area contributed by atoms with Gasteiger partial charge in [0, 0.05) is 28.7 Å². The first kappa shape index (κ1) is 23.3. The van der Waals surface area contributed by atoms with E-state index in [1.54, 1.807) is 6.92 Å². The van der Waals surface area contributed by atoms with Crippen LogP contribution in [0.15, 0.2) is 10.6 Å². The summed E-state index contributed by atoms with van der Waals surface area (Å²) in [7, 11) is 1.49. The fourth-order valence-corrected chi connectivity index (χ4v) is 4.61. The van der Waals surface area contributed by atoms with E-state index in [1.807, 2.05) is 0 Å². The minimum Gasteiger partial charge on any atom is -0.507 e. The highest BCUT2D eigenvalue weighted by molar-refractivity contribution is 7.98. The molecule has 3 rings (SSSR count). The van der Waals surface area contributed by atoms with E-state index >= 15 is 0 Å². The molecular weight excluding hydrogens is 442 g/mol. The third-order valence-corrected chi connectivity index (χ3v) is 6.25. The topological polar surface area (TPSA) is 127 Å². The summed E-state index contributed by atoms with van der Waals surface area (Å²) in [5, 5.41) is 26.8. The molecule has 0 spiro atoms.